The van der Waals surface area contributed by atoms with Gasteiger partial charge in [-0.15, -0.1) is 6.58 Å². The first kappa shape index (κ1) is 16.7. The number of nitrogens with zero attached hydrogens (tertiary/aromatic N) is 1. The number of rotatable bonds is 5. The zero-order valence-electron chi connectivity index (χ0n) is 15.7. The van der Waals surface area contributed by atoms with E-state index in [1.54, 1.807) is 0 Å². The third kappa shape index (κ3) is 2.80. The maximum atomic E-state index is 3.97. The molecule has 0 amide bonds. The zero-order chi connectivity index (χ0) is 18.2. The van der Waals surface area contributed by atoms with E-state index < -0.39 is 0 Å². The summed E-state index contributed by atoms with van der Waals surface area (Å²) in [6.07, 6.45) is 4.25. The highest BCUT2D eigenvalue weighted by molar-refractivity contribution is 6.23. The van der Waals surface area contributed by atoms with Gasteiger partial charge in [-0.25, -0.2) is 0 Å². The molecule has 0 bridgehead atoms. The van der Waals surface area contributed by atoms with Gasteiger partial charge in [-0.1, -0.05) is 60.7 Å². The molecule has 1 aliphatic rings. The fourth-order valence-corrected chi connectivity index (χ4v) is 4.85. The second-order valence-electron chi connectivity index (χ2n) is 7.68. The van der Waals surface area contributed by atoms with Crippen molar-refractivity contribution in [3.05, 3.63) is 72.8 Å². The van der Waals surface area contributed by atoms with E-state index in [2.05, 4.69) is 77.5 Å². The Morgan fingerprint density at radius 2 is 1.56 bits per heavy atom. The molecule has 1 heterocycles. The summed E-state index contributed by atoms with van der Waals surface area (Å²) in [5, 5.41) is 11.8. The van der Waals surface area contributed by atoms with Gasteiger partial charge in [0.2, 0.25) is 0 Å². The van der Waals surface area contributed by atoms with Crippen LogP contribution in [-0.4, -0.2) is 31.1 Å². The Morgan fingerprint density at radius 3 is 2.30 bits per heavy atom. The lowest BCUT2D eigenvalue weighted by molar-refractivity contribution is 0.167. The maximum absolute atomic E-state index is 3.97. The topological polar surface area (TPSA) is 15.3 Å². The molecule has 1 saturated heterocycles. The largest absolute Gasteiger partial charge is 0.314 e. The van der Waals surface area contributed by atoms with Crippen molar-refractivity contribution in [1.82, 2.24) is 10.2 Å². The summed E-state index contributed by atoms with van der Waals surface area (Å²) in [4.78, 5) is 2.66. The van der Waals surface area contributed by atoms with E-state index in [0.29, 0.717) is 6.04 Å². The van der Waals surface area contributed by atoms with Gasteiger partial charge in [-0.2, -0.15) is 0 Å². The summed E-state index contributed by atoms with van der Waals surface area (Å²) in [7, 11) is 0. The normalized spacial score (nSPS) is 17.0. The lowest BCUT2D eigenvalue weighted by Crippen LogP contribution is -2.45. The fourth-order valence-electron chi connectivity index (χ4n) is 4.85. The van der Waals surface area contributed by atoms with Gasteiger partial charge < -0.3 is 5.32 Å². The highest BCUT2D eigenvalue weighted by Crippen LogP contribution is 2.39. The van der Waals surface area contributed by atoms with Crippen molar-refractivity contribution in [2.24, 2.45) is 0 Å². The standard InChI is InChI=1S/C25H26N2/c1-2-3-7-23(27-16-14-26-15-17-27)21-12-10-20-9-8-18-5-4-6-19-11-13-22(21)25(20)24(18)19/h2,4-6,8-13,23,26H,1,3,7,14-17H2/t23-/m1/s1. The minimum atomic E-state index is 0.453. The molecule has 0 saturated carbocycles. The summed E-state index contributed by atoms with van der Waals surface area (Å²) in [6, 6.07) is 21.0. The van der Waals surface area contributed by atoms with Crippen molar-refractivity contribution in [2.75, 3.05) is 26.2 Å². The van der Waals surface area contributed by atoms with E-state index in [4.69, 9.17) is 0 Å². The van der Waals surface area contributed by atoms with Crippen molar-refractivity contribution >= 4 is 32.3 Å². The molecule has 136 valence electrons. The van der Waals surface area contributed by atoms with E-state index >= 15 is 0 Å². The van der Waals surface area contributed by atoms with E-state index in [9.17, 15) is 0 Å². The van der Waals surface area contributed by atoms with Crippen LogP contribution in [0.4, 0.5) is 0 Å². The van der Waals surface area contributed by atoms with Gasteiger partial charge in [-0.05, 0) is 50.7 Å². The monoisotopic (exact) mass is 354 g/mol. The van der Waals surface area contributed by atoms with Crippen molar-refractivity contribution < 1.29 is 0 Å². The predicted molar refractivity (Wildman–Crippen MR) is 117 cm³/mol. The van der Waals surface area contributed by atoms with Crippen molar-refractivity contribution in [3.8, 4) is 0 Å². The molecule has 0 aromatic heterocycles. The molecule has 1 atom stereocenters. The molecule has 4 aromatic carbocycles. The summed E-state index contributed by atoms with van der Waals surface area (Å²) >= 11 is 0. The second-order valence-corrected chi connectivity index (χ2v) is 7.68. The first-order valence-corrected chi connectivity index (χ1v) is 10.1. The van der Waals surface area contributed by atoms with Crippen molar-refractivity contribution in [3.63, 3.8) is 0 Å². The number of nitrogens with one attached hydrogen (secondary N) is 1. The van der Waals surface area contributed by atoms with Crippen LogP contribution in [0.25, 0.3) is 32.3 Å². The van der Waals surface area contributed by atoms with Crippen molar-refractivity contribution in [2.45, 2.75) is 18.9 Å². The molecule has 2 heteroatoms. The Kier molecular flexibility index (Phi) is 4.31. The van der Waals surface area contributed by atoms with E-state index in [1.807, 2.05) is 0 Å². The minimum Gasteiger partial charge on any atom is -0.314 e. The molecule has 5 rings (SSSR count). The molecular formula is C25H26N2. The van der Waals surface area contributed by atoms with Crippen LogP contribution in [0.1, 0.15) is 24.4 Å². The summed E-state index contributed by atoms with van der Waals surface area (Å²) in [5.74, 6) is 0. The van der Waals surface area contributed by atoms with Gasteiger partial charge in [0.1, 0.15) is 0 Å². The predicted octanol–water partition coefficient (Wildman–Crippen LogP) is 5.50. The molecule has 1 N–H and O–H groups in total. The number of hydrogen-bond donors (Lipinski definition) is 1. The highest BCUT2D eigenvalue weighted by Gasteiger charge is 2.24. The Hall–Kier alpha value is -2.42. The van der Waals surface area contributed by atoms with Crippen LogP contribution in [0, 0.1) is 0 Å². The molecule has 4 aromatic rings. The van der Waals surface area contributed by atoms with Gasteiger partial charge in [0.05, 0.1) is 0 Å². The van der Waals surface area contributed by atoms with Gasteiger partial charge in [0.15, 0.2) is 0 Å². The lowest BCUT2D eigenvalue weighted by Gasteiger charge is -2.36. The van der Waals surface area contributed by atoms with Crippen LogP contribution in [0.15, 0.2) is 67.3 Å². The molecule has 0 spiro atoms. The molecule has 0 unspecified atom stereocenters. The fraction of sp³-hybridized carbons (Fsp3) is 0.280. The van der Waals surface area contributed by atoms with Crippen LogP contribution in [0.3, 0.4) is 0 Å². The van der Waals surface area contributed by atoms with Gasteiger partial charge in [0, 0.05) is 32.2 Å². The molecular weight excluding hydrogens is 328 g/mol. The number of hydrogen-bond acceptors (Lipinski definition) is 2. The molecule has 27 heavy (non-hydrogen) atoms. The Bertz CT molecular complexity index is 1080. The zero-order valence-corrected chi connectivity index (χ0v) is 15.7. The average Bonchev–Trinajstić information content (AvgIpc) is 2.74. The van der Waals surface area contributed by atoms with E-state index in [0.717, 1.165) is 39.0 Å². The Labute approximate surface area is 160 Å². The third-order valence-corrected chi connectivity index (χ3v) is 6.16. The van der Waals surface area contributed by atoms with Crippen LogP contribution in [-0.2, 0) is 0 Å². The van der Waals surface area contributed by atoms with E-state index in [1.165, 1.54) is 37.9 Å². The molecule has 1 fully saturated rings. The smallest absolute Gasteiger partial charge is 0.0358 e. The van der Waals surface area contributed by atoms with Crippen LogP contribution in [0.2, 0.25) is 0 Å². The number of piperazine rings is 1. The maximum Gasteiger partial charge on any atom is 0.0358 e. The van der Waals surface area contributed by atoms with Gasteiger partial charge in [-0.3, -0.25) is 4.90 Å². The summed E-state index contributed by atoms with van der Waals surface area (Å²) in [5.41, 5.74) is 1.48. The number of benzene rings is 4. The first-order valence-electron chi connectivity index (χ1n) is 10.1. The second kappa shape index (κ2) is 6.95. The van der Waals surface area contributed by atoms with Crippen LogP contribution >= 0.6 is 0 Å². The Morgan fingerprint density at radius 1 is 0.889 bits per heavy atom. The SMILES string of the molecule is C=CCC[C@H](c1ccc2ccc3cccc4ccc1c2c34)N1CCNCC1. The molecule has 0 aliphatic carbocycles. The summed E-state index contributed by atoms with van der Waals surface area (Å²) < 4.78 is 0. The average molecular weight is 354 g/mol. The highest BCUT2D eigenvalue weighted by atomic mass is 15.2. The third-order valence-electron chi connectivity index (χ3n) is 6.16. The minimum absolute atomic E-state index is 0.453. The molecule has 2 nitrogen and oxygen atoms in total. The van der Waals surface area contributed by atoms with Crippen molar-refractivity contribution in [1.29, 1.82) is 0 Å². The van der Waals surface area contributed by atoms with E-state index in [-0.39, 0.29) is 0 Å². The van der Waals surface area contributed by atoms with Crippen LogP contribution < -0.4 is 5.32 Å². The van der Waals surface area contributed by atoms with Gasteiger partial charge >= 0.3 is 0 Å². The molecule has 1 aliphatic heterocycles. The van der Waals surface area contributed by atoms with Gasteiger partial charge in [0.25, 0.3) is 0 Å². The summed E-state index contributed by atoms with van der Waals surface area (Å²) in [6.45, 7) is 8.36. The molecule has 0 radical (unpaired) electrons. The van der Waals surface area contributed by atoms with Crippen LogP contribution in [0.5, 0.6) is 0 Å². The quantitative estimate of drug-likeness (QED) is 0.376. The first-order chi connectivity index (χ1) is 13.4. The Balaban J connectivity index is 1.74. The number of allylic oxidation sites excluding steroid dienone is 1. The lowest BCUT2D eigenvalue weighted by atomic mass is 9.88.